The standard InChI is InChI=1S/C13H26O3S4Si.C12H24/c1-4-14-21(15-5-2,16-6-3)20-19-18-17-13-10-11-7-8-12(13)9-11;1-2-4-6-8-10-12-11-9-7-5-3-1/h11-13H,4-10H2,1-3H3;1-12H2. The molecular formula is C25H50O3S4Si. The zero-order valence-electron chi connectivity index (χ0n) is 21.5. The molecule has 3 unspecified atom stereocenters. The van der Waals surface area contributed by atoms with Crippen molar-refractivity contribution in [3.63, 3.8) is 0 Å². The van der Waals surface area contributed by atoms with Gasteiger partial charge in [0.05, 0.1) is 0 Å². The first-order valence-electron chi connectivity index (χ1n) is 13.8. The second-order valence-electron chi connectivity index (χ2n) is 9.57. The molecule has 0 amide bonds. The summed E-state index contributed by atoms with van der Waals surface area (Å²) in [5, 5.41) is 0.865. The van der Waals surface area contributed by atoms with Crippen molar-refractivity contribution < 1.29 is 13.3 Å². The van der Waals surface area contributed by atoms with Gasteiger partial charge in [-0.25, -0.2) is 0 Å². The third-order valence-corrected chi connectivity index (χ3v) is 20.1. The Kier molecular flexibility index (Phi) is 18.2. The first-order chi connectivity index (χ1) is 16.2. The van der Waals surface area contributed by atoms with E-state index in [0.29, 0.717) is 19.8 Å². The van der Waals surface area contributed by atoms with Crippen LogP contribution in [0.1, 0.15) is 124 Å². The fourth-order valence-electron chi connectivity index (χ4n) is 5.28. The van der Waals surface area contributed by atoms with E-state index in [1.807, 2.05) is 30.6 Å². The zero-order valence-corrected chi connectivity index (χ0v) is 25.8. The van der Waals surface area contributed by atoms with Crippen LogP contribution in [0.5, 0.6) is 0 Å². The van der Waals surface area contributed by atoms with Crippen LogP contribution in [0.25, 0.3) is 0 Å². The van der Waals surface area contributed by atoms with Crippen LogP contribution in [0.2, 0.25) is 0 Å². The van der Waals surface area contributed by atoms with Crippen molar-refractivity contribution in [3.05, 3.63) is 0 Å². The molecule has 196 valence electrons. The number of hydrogen-bond acceptors (Lipinski definition) is 7. The van der Waals surface area contributed by atoms with Gasteiger partial charge in [-0.1, -0.05) is 94.3 Å². The first-order valence-corrected chi connectivity index (χ1v) is 21.2. The summed E-state index contributed by atoms with van der Waals surface area (Å²) in [5.74, 6) is 2.00. The van der Waals surface area contributed by atoms with Gasteiger partial charge in [0, 0.05) is 25.1 Å². The van der Waals surface area contributed by atoms with Crippen molar-refractivity contribution >= 4 is 48.6 Å². The highest BCUT2D eigenvalue weighted by molar-refractivity contribution is 9.28. The molecule has 3 rings (SSSR count). The lowest BCUT2D eigenvalue weighted by Crippen LogP contribution is -2.42. The van der Waals surface area contributed by atoms with Crippen LogP contribution in [0.4, 0.5) is 0 Å². The summed E-state index contributed by atoms with van der Waals surface area (Å²) in [6.45, 7) is 7.93. The summed E-state index contributed by atoms with van der Waals surface area (Å²) < 4.78 is 17.5. The molecule has 3 aliphatic carbocycles. The van der Waals surface area contributed by atoms with Crippen molar-refractivity contribution in [2.24, 2.45) is 11.8 Å². The van der Waals surface area contributed by atoms with Gasteiger partial charge in [-0.15, -0.1) is 0 Å². The van der Waals surface area contributed by atoms with Gasteiger partial charge in [0.15, 0.2) is 0 Å². The predicted octanol–water partition coefficient (Wildman–Crippen LogP) is 10.1. The zero-order chi connectivity index (χ0) is 23.6. The van der Waals surface area contributed by atoms with E-state index in [2.05, 4.69) is 10.8 Å². The van der Waals surface area contributed by atoms with E-state index in [1.165, 1.54) is 103 Å². The van der Waals surface area contributed by atoms with Crippen LogP contribution < -0.4 is 0 Å². The Morgan fingerprint density at radius 3 is 1.39 bits per heavy atom. The van der Waals surface area contributed by atoms with Gasteiger partial charge in [-0.05, 0) is 81.8 Å². The van der Waals surface area contributed by atoms with Gasteiger partial charge in [0.25, 0.3) is 0 Å². The summed E-state index contributed by atoms with van der Waals surface area (Å²) >= 11 is 0. The van der Waals surface area contributed by atoms with E-state index in [-0.39, 0.29) is 0 Å². The summed E-state index contributed by atoms with van der Waals surface area (Å²) in [7, 11) is 4.85. The summed E-state index contributed by atoms with van der Waals surface area (Å²) in [6.07, 6.45) is 23.8. The molecule has 3 fully saturated rings. The molecule has 0 spiro atoms. The monoisotopic (exact) mass is 554 g/mol. The molecule has 33 heavy (non-hydrogen) atoms. The maximum atomic E-state index is 5.85. The minimum Gasteiger partial charge on any atom is -0.365 e. The molecule has 0 heterocycles. The summed E-state index contributed by atoms with van der Waals surface area (Å²) in [6, 6.07) is 0. The highest BCUT2D eigenvalue weighted by Crippen LogP contribution is 2.56. The lowest BCUT2D eigenvalue weighted by molar-refractivity contribution is 0.0971. The number of fused-ring (bicyclic) bond motifs is 2. The number of hydrogen-bond donors (Lipinski definition) is 0. The second-order valence-corrected chi connectivity index (χ2v) is 20.0. The van der Waals surface area contributed by atoms with Gasteiger partial charge in [0.1, 0.15) is 0 Å². The van der Waals surface area contributed by atoms with Crippen LogP contribution in [-0.2, 0) is 13.3 Å². The second kappa shape index (κ2) is 19.6. The maximum absolute atomic E-state index is 5.85. The quantitative estimate of drug-likeness (QED) is 0.142. The van der Waals surface area contributed by atoms with Crippen molar-refractivity contribution in [2.45, 2.75) is 129 Å². The smallest absolute Gasteiger partial charge is 0.365 e. The molecule has 0 N–H and O–H groups in total. The Labute approximate surface area is 221 Å². The Balaban J connectivity index is 0.000000273. The van der Waals surface area contributed by atoms with Crippen LogP contribution >= 0.6 is 40.7 Å². The highest BCUT2D eigenvalue weighted by atomic mass is 33.7. The molecule has 3 saturated carbocycles. The largest absolute Gasteiger partial charge is 0.585 e. The average Bonchev–Trinajstić information content (AvgIpc) is 3.42. The van der Waals surface area contributed by atoms with E-state index in [0.717, 1.165) is 17.1 Å². The SMILES string of the molecule is C1CCCCCCCCCCC1.CCO[Si](OCC)(OCC)SSSSC1CC2CCC1C2. The third-order valence-electron chi connectivity index (χ3n) is 6.96. The van der Waals surface area contributed by atoms with Crippen molar-refractivity contribution in [2.75, 3.05) is 19.8 Å². The van der Waals surface area contributed by atoms with Crippen molar-refractivity contribution in [3.8, 4) is 0 Å². The van der Waals surface area contributed by atoms with Crippen LogP contribution in [0, 0.1) is 11.8 Å². The molecule has 0 radical (unpaired) electrons. The van der Waals surface area contributed by atoms with Gasteiger partial charge in [-0.3, -0.25) is 0 Å². The van der Waals surface area contributed by atoms with Crippen molar-refractivity contribution in [1.29, 1.82) is 0 Å². The van der Waals surface area contributed by atoms with Crippen LogP contribution in [-0.4, -0.2) is 33.0 Å². The van der Waals surface area contributed by atoms with E-state index in [4.69, 9.17) is 13.3 Å². The van der Waals surface area contributed by atoms with E-state index < -0.39 is 7.95 Å². The van der Waals surface area contributed by atoms with Crippen molar-refractivity contribution in [1.82, 2.24) is 0 Å². The molecule has 2 bridgehead atoms. The van der Waals surface area contributed by atoms with Gasteiger partial charge in [0.2, 0.25) is 0 Å². The minimum atomic E-state index is -2.54. The Bertz CT molecular complexity index is 415. The Hall–Kier alpha value is 1.50. The normalized spacial score (nSPS) is 26.8. The van der Waals surface area contributed by atoms with Crippen LogP contribution in [0.3, 0.4) is 0 Å². The molecule has 0 aliphatic heterocycles. The fraction of sp³-hybridized carbons (Fsp3) is 1.00. The predicted molar refractivity (Wildman–Crippen MR) is 156 cm³/mol. The number of rotatable bonds is 11. The van der Waals surface area contributed by atoms with E-state index in [9.17, 15) is 0 Å². The van der Waals surface area contributed by atoms with E-state index in [1.54, 1.807) is 20.1 Å². The Morgan fingerprint density at radius 2 is 1.06 bits per heavy atom. The highest BCUT2D eigenvalue weighted by Gasteiger charge is 2.44. The molecule has 0 aromatic rings. The summed E-state index contributed by atoms with van der Waals surface area (Å²) in [4.78, 5) is 0. The van der Waals surface area contributed by atoms with Crippen LogP contribution in [0.15, 0.2) is 0 Å². The van der Waals surface area contributed by atoms with Gasteiger partial charge in [-0.2, -0.15) is 0 Å². The molecule has 0 aromatic carbocycles. The first kappa shape index (κ1) is 30.7. The lowest BCUT2D eigenvalue weighted by Gasteiger charge is -2.26. The molecule has 3 aliphatic rings. The van der Waals surface area contributed by atoms with Gasteiger partial charge < -0.3 is 13.3 Å². The molecular weight excluding hydrogens is 505 g/mol. The molecule has 3 atom stereocenters. The fourth-order valence-corrected chi connectivity index (χ4v) is 20.3. The maximum Gasteiger partial charge on any atom is 0.585 e. The minimum absolute atomic E-state index is 0.643. The molecule has 0 aromatic heterocycles. The average molecular weight is 555 g/mol. The van der Waals surface area contributed by atoms with E-state index >= 15 is 0 Å². The molecule has 3 nitrogen and oxygen atoms in total. The summed E-state index contributed by atoms with van der Waals surface area (Å²) in [5.41, 5.74) is 0. The molecule has 8 heteroatoms. The lowest BCUT2D eigenvalue weighted by atomic mass is 10.0. The Morgan fingerprint density at radius 1 is 0.606 bits per heavy atom. The van der Waals surface area contributed by atoms with Gasteiger partial charge >= 0.3 is 7.95 Å². The topological polar surface area (TPSA) is 27.7 Å². The molecule has 0 saturated heterocycles. The third kappa shape index (κ3) is 13.0.